The zero-order chi connectivity index (χ0) is 17.8. The molecule has 6 nitrogen and oxygen atoms in total. The Bertz CT molecular complexity index is 782. The van der Waals surface area contributed by atoms with E-state index in [0.29, 0.717) is 6.54 Å². The van der Waals surface area contributed by atoms with Crippen molar-refractivity contribution >= 4 is 17.9 Å². The molecule has 0 bridgehead atoms. The highest BCUT2D eigenvalue weighted by Crippen LogP contribution is 2.32. The largest absolute Gasteiger partial charge is 0.352 e. The zero-order valence-electron chi connectivity index (χ0n) is 14.4. The summed E-state index contributed by atoms with van der Waals surface area (Å²) in [6.45, 7) is 4.07. The van der Waals surface area contributed by atoms with Gasteiger partial charge in [-0.05, 0) is 30.2 Å². The molecule has 2 heterocycles. The number of carbonyl (C=O) groups excluding carboxylic acids is 2. The van der Waals surface area contributed by atoms with E-state index in [2.05, 4.69) is 10.4 Å². The van der Waals surface area contributed by atoms with Crippen molar-refractivity contribution in [2.75, 3.05) is 0 Å². The Morgan fingerprint density at radius 2 is 2.08 bits per heavy atom. The van der Waals surface area contributed by atoms with Gasteiger partial charge in [0.05, 0.1) is 19.0 Å². The van der Waals surface area contributed by atoms with Gasteiger partial charge in [-0.25, -0.2) is 0 Å². The minimum absolute atomic E-state index is 0.0486. The fraction of sp³-hybridized carbons (Fsp3) is 0.316. The molecule has 0 saturated carbocycles. The fourth-order valence-electron chi connectivity index (χ4n) is 3.16. The van der Waals surface area contributed by atoms with Crippen LogP contribution in [0.5, 0.6) is 0 Å². The van der Waals surface area contributed by atoms with E-state index in [4.69, 9.17) is 0 Å². The SMILES string of the molecule is CC(=O)N1C=Cc2ccccc2[C@H]1CC(=O)N[C@@H](C)Cn1cccn1. The Hall–Kier alpha value is -2.89. The summed E-state index contributed by atoms with van der Waals surface area (Å²) in [6, 6.07) is 9.37. The van der Waals surface area contributed by atoms with Crippen LogP contribution in [0.15, 0.2) is 48.9 Å². The van der Waals surface area contributed by atoms with E-state index in [-0.39, 0.29) is 30.3 Å². The van der Waals surface area contributed by atoms with Gasteiger partial charge in [0.15, 0.2) is 0 Å². The van der Waals surface area contributed by atoms with E-state index < -0.39 is 0 Å². The molecule has 1 aromatic carbocycles. The number of amides is 2. The van der Waals surface area contributed by atoms with Crippen molar-refractivity contribution in [2.24, 2.45) is 0 Å². The summed E-state index contributed by atoms with van der Waals surface area (Å²) < 4.78 is 1.78. The molecular formula is C19H22N4O2. The predicted molar refractivity (Wildman–Crippen MR) is 95.2 cm³/mol. The third kappa shape index (κ3) is 3.96. The van der Waals surface area contributed by atoms with Crippen LogP contribution in [0.4, 0.5) is 0 Å². The molecule has 0 aliphatic carbocycles. The first-order valence-corrected chi connectivity index (χ1v) is 8.37. The Balaban J connectivity index is 1.69. The van der Waals surface area contributed by atoms with Crippen LogP contribution in [0.1, 0.15) is 37.4 Å². The molecule has 2 aromatic rings. The molecule has 0 fully saturated rings. The maximum atomic E-state index is 12.5. The highest BCUT2D eigenvalue weighted by atomic mass is 16.2. The average Bonchev–Trinajstić information content (AvgIpc) is 3.07. The van der Waals surface area contributed by atoms with Gasteiger partial charge < -0.3 is 10.2 Å². The lowest BCUT2D eigenvalue weighted by Crippen LogP contribution is -2.39. The first-order valence-electron chi connectivity index (χ1n) is 8.37. The highest BCUT2D eigenvalue weighted by Gasteiger charge is 2.28. The molecule has 3 rings (SSSR count). The fourth-order valence-corrected chi connectivity index (χ4v) is 3.16. The van der Waals surface area contributed by atoms with Crippen molar-refractivity contribution in [3.8, 4) is 0 Å². The zero-order valence-corrected chi connectivity index (χ0v) is 14.4. The average molecular weight is 338 g/mol. The van der Waals surface area contributed by atoms with E-state index in [1.165, 1.54) is 6.92 Å². The Morgan fingerprint density at radius 3 is 2.80 bits per heavy atom. The lowest BCUT2D eigenvalue weighted by Gasteiger charge is -2.32. The van der Waals surface area contributed by atoms with Gasteiger partial charge in [0.25, 0.3) is 0 Å². The smallest absolute Gasteiger partial charge is 0.223 e. The predicted octanol–water partition coefficient (Wildman–Crippen LogP) is 2.35. The van der Waals surface area contributed by atoms with Crippen molar-refractivity contribution < 1.29 is 9.59 Å². The minimum Gasteiger partial charge on any atom is -0.352 e. The molecule has 1 aliphatic heterocycles. The van der Waals surface area contributed by atoms with Crippen molar-refractivity contribution in [3.05, 3.63) is 60.1 Å². The second-order valence-corrected chi connectivity index (χ2v) is 6.29. The first kappa shape index (κ1) is 17.0. The maximum Gasteiger partial charge on any atom is 0.223 e. The van der Waals surface area contributed by atoms with Gasteiger partial charge in [-0.3, -0.25) is 14.3 Å². The molecule has 2 amide bonds. The second-order valence-electron chi connectivity index (χ2n) is 6.29. The number of nitrogens with zero attached hydrogens (tertiary/aromatic N) is 3. The molecule has 6 heteroatoms. The van der Waals surface area contributed by atoms with Crippen LogP contribution in [0.3, 0.4) is 0 Å². The van der Waals surface area contributed by atoms with Crippen LogP contribution in [-0.2, 0) is 16.1 Å². The normalized spacial score (nSPS) is 17.0. The van der Waals surface area contributed by atoms with E-state index in [0.717, 1.165) is 11.1 Å². The van der Waals surface area contributed by atoms with Crippen molar-refractivity contribution in [3.63, 3.8) is 0 Å². The molecule has 1 aliphatic rings. The molecule has 130 valence electrons. The quantitative estimate of drug-likeness (QED) is 0.910. The molecule has 0 unspecified atom stereocenters. The van der Waals surface area contributed by atoms with Crippen LogP contribution in [0, 0.1) is 0 Å². The number of hydrogen-bond donors (Lipinski definition) is 1. The first-order chi connectivity index (χ1) is 12.0. The molecule has 0 spiro atoms. The molecule has 0 saturated heterocycles. The summed E-state index contributed by atoms with van der Waals surface area (Å²) in [5.74, 6) is -0.158. The lowest BCUT2D eigenvalue weighted by molar-refractivity contribution is -0.130. The van der Waals surface area contributed by atoms with E-state index in [9.17, 15) is 9.59 Å². The van der Waals surface area contributed by atoms with E-state index in [1.807, 2.05) is 49.5 Å². The monoisotopic (exact) mass is 338 g/mol. The summed E-state index contributed by atoms with van der Waals surface area (Å²) in [6.07, 6.45) is 7.47. The number of aromatic nitrogens is 2. The third-order valence-electron chi connectivity index (χ3n) is 4.28. The summed E-state index contributed by atoms with van der Waals surface area (Å²) in [7, 11) is 0. The van der Waals surface area contributed by atoms with Gasteiger partial charge in [0.1, 0.15) is 0 Å². The summed E-state index contributed by atoms with van der Waals surface area (Å²) >= 11 is 0. The second kappa shape index (κ2) is 7.34. The maximum absolute atomic E-state index is 12.5. The van der Waals surface area contributed by atoms with E-state index in [1.54, 1.807) is 22.0 Å². The van der Waals surface area contributed by atoms with Crippen LogP contribution < -0.4 is 5.32 Å². The van der Waals surface area contributed by atoms with Gasteiger partial charge in [0, 0.05) is 31.6 Å². The van der Waals surface area contributed by atoms with Gasteiger partial charge in [0.2, 0.25) is 11.8 Å². The number of rotatable bonds is 5. The topological polar surface area (TPSA) is 67.2 Å². The molecule has 0 radical (unpaired) electrons. The Morgan fingerprint density at radius 1 is 1.28 bits per heavy atom. The van der Waals surface area contributed by atoms with Crippen LogP contribution >= 0.6 is 0 Å². The Labute approximate surface area is 147 Å². The summed E-state index contributed by atoms with van der Waals surface area (Å²) in [5, 5.41) is 7.14. The summed E-state index contributed by atoms with van der Waals surface area (Å²) in [4.78, 5) is 26.1. The van der Waals surface area contributed by atoms with Gasteiger partial charge in [-0.2, -0.15) is 5.10 Å². The Kier molecular flexibility index (Phi) is 4.97. The molecular weight excluding hydrogens is 316 g/mol. The van der Waals surface area contributed by atoms with E-state index >= 15 is 0 Å². The summed E-state index contributed by atoms with van der Waals surface area (Å²) in [5.41, 5.74) is 2.04. The van der Waals surface area contributed by atoms with Crippen LogP contribution in [-0.4, -0.2) is 32.5 Å². The minimum atomic E-state index is -0.282. The third-order valence-corrected chi connectivity index (χ3v) is 4.28. The van der Waals surface area contributed by atoms with Crippen LogP contribution in [0.2, 0.25) is 0 Å². The number of carbonyl (C=O) groups is 2. The van der Waals surface area contributed by atoms with Crippen LogP contribution in [0.25, 0.3) is 6.08 Å². The van der Waals surface area contributed by atoms with Crippen molar-refractivity contribution in [1.29, 1.82) is 0 Å². The lowest BCUT2D eigenvalue weighted by atomic mass is 9.93. The van der Waals surface area contributed by atoms with Crippen molar-refractivity contribution in [1.82, 2.24) is 20.0 Å². The number of nitrogens with one attached hydrogen (secondary N) is 1. The number of hydrogen-bond acceptors (Lipinski definition) is 3. The molecule has 25 heavy (non-hydrogen) atoms. The van der Waals surface area contributed by atoms with Gasteiger partial charge in [-0.15, -0.1) is 0 Å². The highest BCUT2D eigenvalue weighted by molar-refractivity contribution is 5.81. The molecule has 1 N–H and O–H groups in total. The van der Waals surface area contributed by atoms with Crippen molar-refractivity contribution in [2.45, 2.75) is 38.9 Å². The molecule has 2 atom stereocenters. The molecule has 1 aromatic heterocycles. The van der Waals surface area contributed by atoms with Gasteiger partial charge in [-0.1, -0.05) is 24.3 Å². The number of benzene rings is 1. The van der Waals surface area contributed by atoms with Gasteiger partial charge >= 0.3 is 0 Å². The standard InChI is InChI=1S/C19H22N4O2/c1-14(13-22-10-5-9-20-22)21-19(25)12-18-17-7-4-3-6-16(17)8-11-23(18)15(2)24/h3-11,14,18H,12-13H2,1-2H3,(H,21,25)/t14-,18+/m0/s1. The number of fused-ring (bicyclic) bond motifs is 1.